The molecule has 1 saturated heterocycles. The second-order valence-electron chi connectivity index (χ2n) is 4.12. The predicted molar refractivity (Wildman–Crippen MR) is 61.5 cm³/mol. The normalized spacial score (nSPS) is 17.3. The van der Waals surface area contributed by atoms with E-state index in [-0.39, 0.29) is 11.7 Å². The highest BCUT2D eigenvalue weighted by Crippen LogP contribution is 2.21. The van der Waals surface area contributed by atoms with Crippen molar-refractivity contribution in [1.29, 1.82) is 0 Å². The third-order valence-corrected chi connectivity index (χ3v) is 3.10. The van der Waals surface area contributed by atoms with Crippen molar-refractivity contribution in [2.75, 3.05) is 13.2 Å². The van der Waals surface area contributed by atoms with E-state index in [0.717, 1.165) is 24.8 Å². The molecule has 2 heterocycles. The fourth-order valence-corrected chi connectivity index (χ4v) is 2.10. The van der Waals surface area contributed by atoms with E-state index in [2.05, 4.69) is 11.9 Å². The number of ether oxygens (including phenoxy) is 1. The van der Waals surface area contributed by atoms with E-state index in [1.165, 1.54) is 0 Å². The van der Waals surface area contributed by atoms with Crippen molar-refractivity contribution in [3.05, 3.63) is 29.6 Å². The van der Waals surface area contributed by atoms with E-state index in [9.17, 15) is 4.79 Å². The van der Waals surface area contributed by atoms with Crippen LogP contribution in [0.5, 0.6) is 0 Å². The molecule has 1 aliphatic heterocycles. The molecule has 3 heteroatoms. The van der Waals surface area contributed by atoms with Crippen LogP contribution in [0.1, 0.15) is 35.8 Å². The van der Waals surface area contributed by atoms with Crippen LogP contribution in [-0.4, -0.2) is 24.0 Å². The van der Waals surface area contributed by atoms with Crippen molar-refractivity contribution >= 4 is 5.78 Å². The van der Waals surface area contributed by atoms with Crippen LogP contribution in [-0.2, 0) is 11.2 Å². The minimum atomic E-state index is 0.106. The molecule has 1 fully saturated rings. The molecule has 0 spiro atoms. The number of hydrogen-bond donors (Lipinski definition) is 0. The summed E-state index contributed by atoms with van der Waals surface area (Å²) in [7, 11) is 0. The largest absolute Gasteiger partial charge is 0.381 e. The molecule has 0 saturated carbocycles. The first-order valence-electron chi connectivity index (χ1n) is 5.88. The third-order valence-electron chi connectivity index (χ3n) is 3.10. The Labute approximate surface area is 95.8 Å². The van der Waals surface area contributed by atoms with Gasteiger partial charge in [-0.3, -0.25) is 9.78 Å². The van der Waals surface area contributed by atoms with Crippen molar-refractivity contribution in [3.63, 3.8) is 0 Å². The summed E-state index contributed by atoms with van der Waals surface area (Å²) < 4.78 is 5.27. The van der Waals surface area contributed by atoms with Gasteiger partial charge in [0, 0.05) is 25.3 Å². The van der Waals surface area contributed by atoms with E-state index >= 15 is 0 Å². The van der Waals surface area contributed by atoms with Gasteiger partial charge in [-0.05, 0) is 30.9 Å². The number of nitrogens with zero attached hydrogens (tertiary/aromatic N) is 1. The van der Waals surface area contributed by atoms with Gasteiger partial charge in [0.15, 0.2) is 5.78 Å². The molecule has 0 radical (unpaired) electrons. The quantitative estimate of drug-likeness (QED) is 0.732. The molecule has 3 nitrogen and oxygen atoms in total. The standard InChI is InChI=1S/C13H17NO2/c1-2-10-4-3-7-14-12(10)13(15)11-5-8-16-9-6-11/h3-4,7,11H,2,5-6,8-9H2,1H3. The maximum absolute atomic E-state index is 12.3. The molecule has 0 amide bonds. The Bertz CT molecular complexity index is 370. The van der Waals surface area contributed by atoms with Crippen molar-refractivity contribution in [2.24, 2.45) is 5.92 Å². The van der Waals surface area contributed by atoms with Crippen molar-refractivity contribution < 1.29 is 9.53 Å². The zero-order chi connectivity index (χ0) is 11.4. The number of aromatic nitrogens is 1. The first-order chi connectivity index (χ1) is 7.83. The lowest BCUT2D eigenvalue weighted by molar-refractivity contribution is 0.0541. The van der Waals surface area contributed by atoms with Crippen molar-refractivity contribution in [1.82, 2.24) is 4.98 Å². The predicted octanol–water partition coefficient (Wildman–Crippen LogP) is 2.25. The van der Waals surface area contributed by atoms with E-state index in [4.69, 9.17) is 4.74 Å². The fraction of sp³-hybridized carbons (Fsp3) is 0.538. The van der Waals surface area contributed by atoms with Crippen LogP contribution in [0.15, 0.2) is 18.3 Å². The van der Waals surface area contributed by atoms with Crippen LogP contribution in [0.4, 0.5) is 0 Å². The average molecular weight is 219 g/mol. The van der Waals surface area contributed by atoms with Crippen LogP contribution in [0.2, 0.25) is 0 Å². The molecule has 0 unspecified atom stereocenters. The number of rotatable bonds is 3. The Morgan fingerprint density at radius 3 is 2.94 bits per heavy atom. The molecular weight excluding hydrogens is 202 g/mol. The number of hydrogen-bond acceptors (Lipinski definition) is 3. The second kappa shape index (κ2) is 5.21. The minimum Gasteiger partial charge on any atom is -0.381 e. The van der Waals surface area contributed by atoms with Gasteiger partial charge in [0.1, 0.15) is 5.69 Å². The second-order valence-corrected chi connectivity index (χ2v) is 4.12. The van der Waals surface area contributed by atoms with Crippen LogP contribution >= 0.6 is 0 Å². The number of pyridine rings is 1. The molecule has 0 aliphatic carbocycles. The molecule has 1 aromatic rings. The van der Waals surface area contributed by atoms with E-state index in [1.807, 2.05) is 12.1 Å². The van der Waals surface area contributed by atoms with Crippen LogP contribution in [0, 0.1) is 5.92 Å². The molecule has 0 atom stereocenters. The smallest absolute Gasteiger partial charge is 0.184 e. The minimum absolute atomic E-state index is 0.106. The lowest BCUT2D eigenvalue weighted by Gasteiger charge is -2.21. The van der Waals surface area contributed by atoms with Gasteiger partial charge >= 0.3 is 0 Å². The molecule has 16 heavy (non-hydrogen) atoms. The zero-order valence-corrected chi connectivity index (χ0v) is 9.61. The Kier molecular flexibility index (Phi) is 3.67. The molecule has 1 aromatic heterocycles. The molecule has 86 valence electrons. The van der Waals surface area contributed by atoms with Gasteiger partial charge in [0.2, 0.25) is 0 Å². The van der Waals surface area contributed by atoms with Gasteiger partial charge in [-0.1, -0.05) is 13.0 Å². The summed E-state index contributed by atoms with van der Waals surface area (Å²) in [6.45, 7) is 3.45. The SMILES string of the molecule is CCc1cccnc1C(=O)C1CCOCC1. The number of aryl methyl sites for hydroxylation is 1. The molecule has 0 bridgehead atoms. The van der Waals surface area contributed by atoms with Gasteiger partial charge < -0.3 is 4.74 Å². The Morgan fingerprint density at radius 1 is 1.50 bits per heavy atom. The molecule has 1 aliphatic rings. The Morgan fingerprint density at radius 2 is 2.25 bits per heavy atom. The highest BCUT2D eigenvalue weighted by molar-refractivity contribution is 5.97. The van der Waals surface area contributed by atoms with Gasteiger partial charge in [0.05, 0.1) is 0 Å². The van der Waals surface area contributed by atoms with E-state index < -0.39 is 0 Å². The molecule has 2 rings (SSSR count). The zero-order valence-electron chi connectivity index (χ0n) is 9.61. The Balaban J connectivity index is 2.19. The number of carbonyl (C=O) groups excluding carboxylic acids is 1. The van der Waals surface area contributed by atoms with Crippen molar-refractivity contribution in [2.45, 2.75) is 26.2 Å². The molecule has 0 aromatic carbocycles. The lowest BCUT2D eigenvalue weighted by Crippen LogP contribution is -2.25. The van der Waals surface area contributed by atoms with E-state index in [1.54, 1.807) is 6.20 Å². The van der Waals surface area contributed by atoms with Crippen LogP contribution in [0.3, 0.4) is 0 Å². The first kappa shape index (κ1) is 11.3. The van der Waals surface area contributed by atoms with Gasteiger partial charge in [-0.15, -0.1) is 0 Å². The number of Topliss-reactive ketones (excluding diaryl/α,β-unsaturated/α-hetero) is 1. The molecular formula is C13H17NO2. The maximum atomic E-state index is 12.3. The number of carbonyl (C=O) groups is 1. The Hall–Kier alpha value is -1.22. The fourth-order valence-electron chi connectivity index (χ4n) is 2.10. The third kappa shape index (κ3) is 2.30. The van der Waals surface area contributed by atoms with Crippen molar-refractivity contribution in [3.8, 4) is 0 Å². The average Bonchev–Trinajstić information content (AvgIpc) is 2.39. The summed E-state index contributed by atoms with van der Waals surface area (Å²) in [6, 6.07) is 3.87. The van der Waals surface area contributed by atoms with Crippen LogP contribution < -0.4 is 0 Å². The highest BCUT2D eigenvalue weighted by atomic mass is 16.5. The van der Waals surface area contributed by atoms with E-state index in [0.29, 0.717) is 18.9 Å². The lowest BCUT2D eigenvalue weighted by atomic mass is 9.91. The maximum Gasteiger partial charge on any atom is 0.184 e. The van der Waals surface area contributed by atoms with Gasteiger partial charge in [-0.25, -0.2) is 0 Å². The van der Waals surface area contributed by atoms with Crippen LogP contribution in [0.25, 0.3) is 0 Å². The summed E-state index contributed by atoms with van der Waals surface area (Å²) in [5, 5.41) is 0. The topological polar surface area (TPSA) is 39.2 Å². The molecule has 0 N–H and O–H groups in total. The highest BCUT2D eigenvalue weighted by Gasteiger charge is 2.24. The van der Waals surface area contributed by atoms with Gasteiger partial charge in [0.25, 0.3) is 0 Å². The summed E-state index contributed by atoms with van der Waals surface area (Å²) in [5.74, 6) is 0.301. The summed E-state index contributed by atoms with van der Waals surface area (Å²) in [4.78, 5) is 16.5. The summed E-state index contributed by atoms with van der Waals surface area (Å²) in [6.07, 6.45) is 4.22. The number of ketones is 1. The monoisotopic (exact) mass is 219 g/mol. The summed E-state index contributed by atoms with van der Waals surface area (Å²) >= 11 is 0. The van der Waals surface area contributed by atoms with Gasteiger partial charge in [-0.2, -0.15) is 0 Å². The summed E-state index contributed by atoms with van der Waals surface area (Å²) in [5.41, 5.74) is 1.72. The first-order valence-corrected chi connectivity index (χ1v) is 5.88.